The zero-order valence-corrected chi connectivity index (χ0v) is 37.1. The van der Waals surface area contributed by atoms with Gasteiger partial charge < -0.3 is 4.90 Å². The molecule has 0 saturated heterocycles. The van der Waals surface area contributed by atoms with Crippen molar-refractivity contribution in [2.45, 2.75) is 0 Å². The summed E-state index contributed by atoms with van der Waals surface area (Å²) < 4.78 is 0. The molecule has 0 heterocycles. The van der Waals surface area contributed by atoms with Crippen LogP contribution in [-0.2, 0) is 0 Å². The number of anilines is 3. The van der Waals surface area contributed by atoms with E-state index in [0.29, 0.717) is 0 Å². The molecule has 0 aromatic heterocycles. The van der Waals surface area contributed by atoms with E-state index in [1.54, 1.807) is 0 Å². The SMILES string of the molecule is c1ccc(-c2ccccc2-c2ccccc2-c2ccc(N(c3ccccc3)c3c(-c4ccccc4)c(-c4ccccc4)c(-c4ccccc4)c(-c4ccccc4)c3-c3ccccc3)cc2)cc1. The van der Waals surface area contributed by atoms with Gasteiger partial charge in [0, 0.05) is 33.6 Å². The molecule has 316 valence electrons. The largest absolute Gasteiger partial charge is 0.309 e. The lowest BCUT2D eigenvalue weighted by atomic mass is 9.77. The van der Waals surface area contributed by atoms with E-state index in [-0.39, 0.29) is 0 Å². The summed E-state index contributed by atoms with van der Waals surface area (Å²) in [5.41, 5.74) is 21.9. The lowest BCUT2D eigenvalue weighted by Crippen LogP contribution is -2.15. The van der Waals surface area contributed by atoms with Crippen LogP contribution >= 0.6 is 0 Å². The molecule has 11 aromatic carbocycles. The Morgan fingerprint density at radius 3 is 0.761 bits per heavy atom. The van der Waals surface area contributed by atoms with Crippen molar-refractivity contribution < 1.29 is 0 Å². The Balaban J connectivity index is 1.24. The molecule has 0 aliphatic carbocycles. The first-order chi connectivity index (χ1) is 33.3. The summed E-state index contributed by atoms with van der Waals surface area (Å²) in [6, 6.07) is 103. The van der Waals surface area contributed by atoms with E-state index in [4.69, 9.17) is 0 Å². The maximum atomic E-state index is 2.50. The number of hydrogen-bond donors (Lipinski definition) is 0. The van der Waals surface area contributed by atoms with E-state index in [1.165, 1.54) is 44.5 Å². The van der Waals surface area contributed by atoms with Gasteiger partial charge in [-0.3, -0.25) is 0 Å². The second-order valence-corrected chi connectivity index (χ2v) is 16.7. The van der Waals surface area contributed by atoms with Crippen LogP contribution in [0.3, 0.4) is 0 Å². The lowest BCUT2D eigenvalue weighted by Gasteiger charge is -2.35. The van der Waals surface area contributed by atoms with E-state index in [2.05, 4.69) is 290 Å². The Labute approximate surface area is 394 Å². The summed E-state index contributed by atoms with van der Waals surface area (Å²) in [4.78, 5) is 2.50. The maximum Gasteiger partial charge on any atom is 0.0631 e. The summed E-state index contributed by atoms with van der Waals surface area (Å²) in [7, 11) is 0. The first-order valence-corrected chi connectivity index (χ1v) is 23.0. The van der Waals surface area contributed by atoms with Gasteiger partial charge in [-0.05, 0) is 91.0 Å². The smallest absolute Gasteiger partial charge is 0.0631 e. The quantitative estimate of drug-likeness (QED) is 0.125. The highest BCUT2D eigenvalue weighted by Crippen LogP contribution is 2.58. The first-order valence-electron chi connectivity index (χ1n) is 23.0. The molecule has 0 atom stereocenters. The van der Waals surface area contributed by atoms with E-state index in [1.807, 2.05) is 0 Å². The third-order valence-electron chi connectivity index (χ3n) is 12.7. The van der Waals surface area contributed by atoms with Gasteiger partial charge >= 0.3 is 0 Å². The average molecular weight is 854 g/mol. The fourth-order valence-electron chi connectivity index (χ4n) is 9.74. The van der Waals surface area contributed by atoms with Gasteiger partial charge in [0.2, 0.25) is 0 Å². The summed E-state index contributed by atoms with van der Waals surface area (Å²) in [6.07, 6.45) is 0. The van der Waals surface area contributed by atoms with Crippen molar-refractivity contribution in [1.29, 1.82) is 0 Å². The lowest BCUT2D eigenvalue weighted by molar-refractivity contribution is 1.28. The highest BCUT2D eigenvalue weighted by Gasteiger charge is 2.32. The molecule has 0 saturated carbocycles. The summed E-state index contributed by atoms with van der Waals surface area (Å²) in [5, 5.41) is 0. The molecule has 0 radical (unpaired) electrons. The molecule has 0 aliphatic heterocycles. The Hall–Kier alpha value is -8.78. The second kappa shape index (κ2) is 18.7. The van der Waals surface area contributed by atoms with E-state index in [0.717, 1.165) is 61.6 Å². The maximum absolute atomic E-state index is 2.50. The third kappa shape index (κ3) is 8.05. The topological polar surface area (TPSA) is 3.24 Å². The molecule has 0 unspecified atom stereocenters. The number of rotatable bonds is 11. The van der Waals surface area contributed by atoms with Crippen LogP contribution in [0.25, 0.3) is 89.0 Å². The van der Waals surface area contributed by atoms with Gasteiger partial charge in [0.1, 0.15) is 0 Å². The molecule has 1 nitrogen and oxygen atoms in total. The van der Waals surface area contributed by atoms with Crippen molar-refractivity contribution in [2.75, 3.05) is 4.90 Å². The molecule has 0 fully saturated rings. The molecule has 67 heavy (non-hydrogen) atoms. The van der Waals surface area contributed by atoms with E-state index in [9.17, 15) is 0 Å². The monoisotopic (exact) mass is 853 g/mol. The number of benzene rings is 11. The van der Waals surface area contributed by atoms with Crippen molar-refractivity contribution in [3.05, 3.63) is 285 Å². The number of para-hydroxylation sites is 1. The van der Waals surface area contributed by atoms with Crippen molar-refractivity contribution in [3.8, 4) is 89.0 Å². The minimum atomic E-state index is 1.05. The van der Waals surface area contributed by atoms with Crippen LogP contribution in [0.2, 0.25) is 0 Å². The Morgan fingerprint density at radius 2 is 0.403 bits per heavy atom. The molecule has 0 N–H and O–H groups in total. The molecule has 11 aromatic rings. The fraction of sp³-hybridized carbons (Fsp3) is 0. The van der Waals surface area contributed by atoms with Crippen molar-refractivity contribution in [2.24, 2.45) is 0 Å². The molecule has 0 spiro atoms. The molecule has 1 heteroatoms. The van der Waals surface area contributed by atoms with Crippen LogP contribution in [0.4, 0.5) is 17.1 Å². The van der Waals surface area contributed by atoms with Crippen LogP contribution in [-0.4, -0.2) is 0 Å². The molecule has 0 amide bonds. The first kappa shape index (κ1) is 41.0. The Morgan fingerprint density at radius 1 is 0.164 bits per heavy atom. The van der Waals surface area contributed by atoms with Gasteiger partial charge in [-0.25, -0.2) is 0 Å². The van der Waals surface area contributed by atoms with E-state index < -0.39 is 0 Å². The Kier molecular flexibility index (Phi) is 11.5. The van der Waals surface area contributed by atoms with Gasteiger partial charge in [0.25, 0.3) is 0 Å². The van der Waals surface area contributed by atoms with Crippen LogP contribution in [0.5, 0.6) is 0 Å². The van der Waals surface area contributed by atoms with Crippen LogP contribution in [0.1, 0.15) is 0 Å². The second-order valence-electron chi connectivity index (χ2n) is 16.7. The van der Waals surface area contributed by atoms with Gasteiger partial charge in [-0.2, -0.15) is 0 Å². The van der Waals surface area contributed by atoms with Gasteiger partial charge in [0.05, 0.1) is 5.69 Å². The van der Waals surface area contributed by atoms with Gasteiger partial charge in [-0.1, -0.05) is 261 Å². The minimum absolute atomic E-state index is 1.05. The minimum Gasteiger partial charge on any atom is -0.309 e. The number of nitrogens with zero attached hydrogens (tertiary/aromatic N) is 1. The van der Waals surface area contributed by atoms with E-state index >= 15 is 0 Å². The normalized spacial score (nSPS) is 11.0. The van der Waals surface area contributed by atoms with Crippen molar-refractivity contribution in [3.63, 3.8) is 0 Å². The van der Waals surface area contributed by atoms with Gasteiger partial charge in [0.15, 0.2) is 0 Å². The predicted octanol–water partition coefficient (Wildman–Crippen LogP) is 18.5. The zero-order valence-electron chi connectivity index (χ0n) is 37.1. The Bertz CT molecular complexity index is 3280. The molecule has 0 bridgehead atoms. The molecular weight excluding hydrogens is 807 g/mol. The highest BCUT2D eigenvalue weighted by molar-refractivity contribution is 6.16. The van der Waals surface area contributed by atoms with Crippen LogP contribution in [0, 0.1) is 0 Å². The zero-order chi connectivity index (χ0) is 44.8. The van der Waals surface area contributed by atoms with Crippen molar-refractivity contribution >= 4 is 17.1 Å². The predicted molar refractivity (Wildman–Crippen MR) is 285 cm³/mol. The van der Waals surface area contributed by atoms with Gasteiger partial charge in [-0.15, -0.1) is 0 Å². The summed E-state index contributed by atoms with van der Waals surface area (Å²) in [6.45, 7) is 0. The fourth-order valence-corrected chi connectivity index (χ4v) is 9.74. The summed E-state index contributed by atoms with van der Waals surface area (Å²) in [5.74, 6) is 0. The van der Waals surface area contributed by atoms with Crippen molar-refractivity contribution in [1.82, 2.24) is 0 Å². The average Bonchev–Trinajstić information content (AvgIpc) is 3.42. The molecular formula is C66H47N. The third-order valence-corrected chi connectivity index (χ3v) is 12.7. The molecule has 11 rings (SSSR count). The van der Waals surface area contributed by atoms with Crippen LogP contribution in [0.15, 0.2) is 285 Å². The highest BCUT2D eigenvalue weighted by atomic mass is 15.1. The summed E-state index contributed by atoms with van der Waals surface area (Å²) >= 11 is 0. The number of hydrogen-bond acceptors (Lipinski definition) is 1. The standard InChI is InChI=1S/C66H47N/c1-8-26-48(27-9-1)57-40-22-24-42-59(57)60-43-25-23-41-58(60)49-44-46-56(47-45-49)67(55-38-20-7-21-39-55)66-64(53-34-16-5-17-35-53)62(51-30-12-3-13-31-51)61(50-28-10-2-11-29-50)63(52-32-14-4-15-33-52)65(66)54-36-18-6-19-37-54/h1-47H. The van der Waals surface area contributed by atoms with Crippen LogP contribution < -0.4 is 4.90 Å². The molecule has 0 aliphatic rings.